The van der Waals surface area contributed by atoms with E-state index >= 15 is 0 Å². The largest absolute Gasteiger partial charge is 0.507 e. The molecule has 134 valence electrons. The fourth-order valence-corrected chi connectivity index (χ4v) is 2.41. The highest BCUT2D eigenvalue weighted by Crippen LogP contribution is 2.25. The van der Waals surface area contributed by atoms with Crippen molar-refractivity contribution in [2.75, 3.05) is 0 Å². The van der Waals surface area contributed by atoms with Gasteiger partial charge >= 0.3 is 5.97 Å². The molecule has 0 saturated carbocycles. The minimum Gasteiger partial charge on any atom is -0.507 e. The first-order chi connectivity index (χ1) is 11.8. The third kappa shape index (κ3) is 4.55. The van der Waals surface area contributed by atoms with Gasteiger partial charge in [-0.25, -0.2) is 4.79 Å². The van der Waals surface area contributed by atoms with Crippen molar-refractivity contribution in [2.45, 2.75) is 38.6 Å². The lowest BCUT2D eigenvalue weighted by molar-refractivity contribution is -0.127. The summed E-state index contributed by atoms with van der Waals surface area (Å²) in [5.41, 5.74) is 0.454. The van der Waals surface area contributed by atoms with Crippen molar-refractivity contribution in [3.05, 3.63) is 47.6 Å². The van der Waals surface area contributed by atoms with Gasteiger partial charge < -0.3 is 20.1 Å². The molecule has 0 aliphatic carbocycles. The summed E-state index contributed by atoms with van der Waals surface area (Å²) >= 11 is 0. The van der Waals surface area contributed by atoms with E-state index in [1.165, 1.54) is 30.4 Å². The van der Waals surface area contributed by atoms with Crippen LogP contribution in [0.15, 0.2) is 36.4 Å². The van der Waals surface area contributed by atoms with E-state index in [-0.39, 0.29) is 23.7 Å². The summed E-state index contributed by atoms with van der Waals surface area (Å²) in [4.78, 5) is 24.3. The van der Waals surface area contributed by atoms with Gasteiger partial charge in [-0.05, 0) is 31.1 Å². The van der Waals surface area contributed by atoms with Gasteiger partial charge in [0.25, 0.3) is 0 Å². The lowest BCUT2D eigenvalue weighted by atomic mass is 10.00. The second-order valence-corrected chi connectivity index (χ2v) is 6.12. The molecule has 0 bridgehead atoms. The zero-order valence-corrected chi connectivity index (χ0v) is 14.1. The first kappa shape index (κ1) is 18.9. The molecule has 0 amide bonds. The Morgan fingerprint density at radius 3 is 2.56 bits per heavy atom. The van der Waals surface area contributed by atoms with Crippen molar-refractivity contribution in [1.29, 1.82) is 0 Å². The smallest absolute Gasteiger partial charge is 0.342 e. The molecule has 6 heteroatoms. The lowest BCUT2D eigenvalue weighted by Crippen LogP contribution is -2.32. The molecule has 25 heavy (non-hydrogen) atoms. The van der Waals surface area contributed by atoms with E-state index in [0.29, 0.717) is 5.56 Å². The van der Waals surface area contributed by atoms with Crippen LogP contribution in [0.5, 0.6) is 5.75 Å². The minimum atomic E-state index is -1.53. The molecular weight excluding hydrogens is 324 g/mol. The summed E-state index contributed by atoms with van der Waals surface area (Å²) in [5, 5.41) is 29.8. The van der Waals surface area contributed by atoms with Gasteiger partial charge in [0.2, 0.25) is 0 Å². The Kier molecular flexibility index (Phi) is 6.12. The van der Waals surface area contributed by atoms with Crippen LogP contribution in [-0.2, 0) is 9.53 Å². The standard InChI is InChI=1S/C19H22O6/c1-11-9-10-16(22)18(23)15(21)8-4-6-13-5-3-7-14(20)17(13)19(24)25-12(11)2/h3-7,9-12,15,18,20-21,23H,8H2,1-2H3/b6-4+,10-9-/t11-,12+,15+,18?/m1/s1. The average Bonchev–Trinajstić information content (AvgIpc) is 2.57. The third-order valence-corrected chi connectivity index (χ3v) is 4.21. The second-order valence-electron chi connectivity index (χ2n) is 6.12. The Bertz CT molecular complexity index is 706. The SMILES string of the molecule is C[C@@H]1/C=C\C(=O)C(O)[C@@H](O)C/C=C/c2cccc(O)c2C(=O)O[C@H]1C. The first-order valence-electron chi connectivity index (χ1n) is 8.09. The molecule has 1 aliphatic heterocycles. The van der Waals surface area contributed by atoms with E-state index < -0.39 is 30.1 Å². The number of carbonyl (C=O) groups is 2. The number of ether oxygens (including phenoxy) is 1. The minimum absolute atomic E-state index is 0.0108. The molecule has 1 aliphatic rings. The number of benzene rings is 1. The van der Waals surface area contributed by atoms with Crippen LogP contribution in [0.25, 0.3) is 6.08 Å². The molecule has 2 rings (SSSR count). The van der Waals surface area contributed by atoms with Gasteiger partial charge in [0.15, 0.2) is 5.78 Å². The maximum Gasteiger partial charge on any atom is 0.342 e. The Morgan fingerprint density at radius 2 is 1.84 bits per heavy atom. The Labute approximate surface area is 146 Å². The van der Waals surface area contributed by atoms with Crippen LogP contribution in [0.1, 0.15) is 36.2 Å². The molecule has 1 unspecified atom stereocenters. The Morgan fingerprint density at radius 1 is 1.12 bits per heavy atom. The summed E-state index contributed by atoms with van der Waals surface area (Å²) in [5.74, 6) is -1.79. The van der Waals surface area contributed by atoms with Crippen molar-refractivity contribution < 1.29 is 29.6 Å². The number of phenolic OH excluding ortho intramolecular Hbond substituents is 1. The number of phenols is 1. The van der Waals surface area contributed by atoms with E-state index in [4.69, 9.17) is 4.74 Å². The van der Waals surface area contributed by atoms with Gasteiger partial charge in [-0.3, -0.25) is 4.79 Å². The molecule has 0 radical (unpaired) electrons. The molecule has 1 aromatic rings. The second kappa shape index (κ2) is 8.09. The number of fused-ring (bicyclic) bond motifs is 1. The molecular formula is C19H22O6. The highest BCUT2D eigenvalue weighted by atomic mass is 16.5. The van der Waals surface area contributed by atoms with E-state index in [2.05, 4.69) is 0 Å². The predicted molar refractivity (Wildman–Crippen MR) is 92.0 cm³/mol. The molecule has 1 heterocycles. The van der Waals surface area contributed by atoms with Crippen LogP contribution in [0.2, 0.25) is 0 Å². The van der Waals surface area contributed by atoms with Crippen molar-refractivity contribution >= 4 is 17.8 Å². The van der Waals surface area contributed by atoms with Crippen LogP contribution < -0.4 is 0 Å². The molecule has 0 spiro atoms. The number of hydrogen-bond acceptors (Lipinski definition) is 6. The number of hydrogen-bond donors (Lipinski definition) is 3. The number of rotatable bonds is 0. The molecule has 0 fully saturated rings. The number of cyclic esters (lactones) is 1. The van der Waals surface area contributed by atoms with E-state index in [1.807, 2.05) is 0 Å². The third-order valence-electron chi connectivity index (χ3n) is 4.21. The molecule has 4 atom stereocenters. The van der Waals surface area contributed by atoms with Crippen molar-refractivity contribution in [2.24, 2.45) is 5.92 Å². The predicted octanol–water partition coefficient (Wildman–Crippen LogP) is 1.84. The summed E-state index contributed by atoms with van der Waals surface area (Å²) in [7, 11) is 0. The number of aromatic hydroxyl groups is 1. The summed E-state index contributed by atoms with van der Waals surface area (Å²) < 4.78 is 5.39. The lowest BCUT2D eigenvalue weighted by Gasteiger charge is -2.19. The molecule has 0 saturated heterocycles. The van der Waals surface area contributed by atoms with E-state index in [0.717, 1.165) is 0 Å². The first-order valence-corrected chi connectivity index (χ1v) is 8.09. The van der Waals surface area contributed by atoms with Gasteiger partial charge in [-0.15, -0.1) is 0 Å². The maximum absolute atomic E-state index is 12.4. The van der Waals surface area contributed by atoms with Crippen LogP contribution >= 0.6 is 0 Å². The van der Waals surface area contributed by atoms with Gasteiger partial charge in [0.05, 0.1) is 6.10 Å². The molecule has 3 N–H and O–H groups in total. The van der Waals surface area contributed by atoms with Crippen molar-refractivity contribution in [3.8, 4) is 5.75 Å². The van der Waals surface area contributed by atoms with Gasteiger partial charge in [-0.1, -0.05) is 37.3 Å². The van der Waals surface area contributed by atoms with Crippen molar-refractivity contribution in [1.82, 2.24) is 0 Å². The number of aliphatic hydroxyl groups is 2. The fourth-order valence-electron chi connectivity index (χ4n) is 2.41. The highest BCUT2D eigenvalue weighted by Gasteiger charge is 2.24. The fraction of sp³-hybridized carbons (Fsp3) is 0.368. The van der Waals surface area contributed by atoms with Crippen LogP contribution in [0.4, 0.5) is 0 Å². The zero-order chi connectivity index (χ0) is 18.6. The summed E-state index contributed by atoms with van der Waals surface area (Å²) in [6.07, 6.45) is 2.41. The number of esters is 1. The van der Waals surface area contributed by atoms with Crippen LogP contribution in [0, 0.1) is 5.92 Å². The van der Waals surface area contributed by atoms with Gasteiger partial charge in [0.1, 0.15) is 23.5 Å². The van der Waals surface area contributed by atoms with E-state index in [9.17, 15) is 24.9 Å². The van der Waals surface area contributed by atoms with Crippen molar-refractivity contribution in [3.63, 3.8) is 0 Å². The number of carbonyl (C=O) groups excluding carboxylic acids is 2. The summed E-state index contributed by atoms with van der Waals surface area (Å²) in [6.45, 7) is 3.42. The zero-order valence-electron chi connectivity index (χ0n) is 14.1. The Balaban J connectivity index is 2.43. The quantitative estimate of drug-likeness (QED) is 0.619. The normalized spacial score (nSPS) is 30.7. The molecule has 6 nitrogen and oxygen atoms in total. The van der Waals surface area contributed by atoms with Gasteiger partial charge in [-0.2, -0.15) is 0 Å². The van der Waals surface area contributed by atoms with Crippen LogP contribution in [-0.4, -0.2) is 45.4 Å². The van der Waals surface area contributed by atoms with Crippen LogP contribution in [0.3, 0.4) is 0 Å². The average molecular weight is 346 g/mol. The highest BCUT2D eigenvalue weighted by molar-refractivity contribution is 5.97. The van der Waals surface area contributed by atoms with E-state index in [1.54, 1.807) is 26.0 Å². The number of ketones is 1. The number of aliphatic hydroxyl groups excluding tert-OH is 2. The molecule has 1 aromatic carbocycles. The summed E-state index contributed by atoms with van der Waals surface area (Å²) in [6, 6.07) is 4.60. The Hall–Kier alpha value is -2.44. The molecule has 0 aromatic heterocycles. The maximum atomic E-state index is 12.4. The topological polar surface area (TPSA) is 104 Å². The monoisotopic (exact) mass is 346 g/mol. The van der Waals surface area contributed by atoms with Gasteiger partial charge in [0, 0.05) is 5.92 Å².